The third-order valence-corrected chi connectivity index (χ3v) is 3.58. The quantitative estimate of drug-likeness (QED) is 0.670. The number of carbonyl (C=O) groups is 1. The molecule has 1 N–H and O–H groups in total. The van der Waals surface area contributed by atoms with Crippen LogP contribution in [0.1, 0.15) is 41.6 Å². The zero-order valence-electron chi connectivity index (χ0n) is 8.85. The van der Waals surface area contributed by atoms with Gasteiger partial charge in [-0.05, 0) is 31.7 Å². The lowest BCUT2D eigenvalue weighted by atomic mass is 9.79. The fraction of sp³-hybridized carbons (Fsp3) is 0.500. The first-order valence-corrected chi connectivity index (χ1v) is 5.57. The molecule has 2 aliphatic rings. The predicted molar refractivity (Wildman–Crippen MR) is 55.8 cm³/mol. The normalized spacial score (nSPS) is 32.6. The molecular weight excluding hydrogens is 206 g/mol. The minimum Gasteiger partial charge on any atom is -0.450 e. The number of aromatic nitrogens is 1. The fourth-order valence-electron chi connectivity index (χ4n) is 2.66. The van der Waals surface area contributed by atoms with Crippen molar-refractivity contribution < 1.29 is 14.6 Å². The number of fused-ring (bicyclic) bond motifs is 2. The Hall–Kier alpha value is -1.42. The van der Waals surface area contributed by atoms with Gasteiger partial charge in [0, 0.05) is 18.0 Å². The number of nitrogens with zero attached hydrogens (tertiary/aromatic N) is 1. The van der Waals surface area contributed by atoms with Crippen LogP contribution in [0.4, 0.5) is 0 Å². The Morgan fingerprint density at radius 2 is 2.19 bits per heavy atom. The van der Waals surface area contributed by atoms with E-state index in [4.69, 9.17) is 4.74 Å². The Morgan fingerprint density at radius 1 is 1.44 bits per heavy atom. The van der Waals surface area contributed by atoms with Gasteiger partial charge in [0.15, 0.2) is 0 Å². The lowest BCUT2D eigenvalue weighted by molar-refractivity contribution is -0.0495. The van der Waals surface area contributed by atoms with Crippen LogP contribution in [0.2, 0.25) is 0 Å². The summed E-state index contributed by atoms with van der Waals surface area (Å²) in [6, 6.07) is 1.71. The minimum absolute atomic E-state index is 0.256. The first-order valence-electron chi connectivity index (χ1n) is 5.57. The van der Waals surface area contributed by atoms with Crippen LogP contribution in [-0.4, -0.2) is 22.2 Å². The van der Waals surface area contributed by atoms with Gasteiger partial charge in [0.1, 0.15) is 5.60 Å². The number of aliphatic hydroxyl groups is 1. The summed E-state index contributed by atoms with van der Waals surface area (Å²) in [5.74, 6) is -0.256. The molecule has 4 heteroatoms. The molecule has 0 aromatic carbocycles. The van der Waals surface area contributed by atoms with Crippen molar-refractivity contribution in [1.29, 1.82) is 0 Å². The molecule has 1 aliphatic heterocycles. The highest BCUT2D eigenvalue weighted by molar-refractivity contribution is 5.94. The zero-order chi connectivity index (χ0) is 11.2. The summed E-state index contributed by atoms with van der Waals surface area (Å²) in [6.07, 6.45) is 5.82. The molecule has 0 atom stereocenters. The smallest absolute Gasteiger partial charge is 0.339 e. The van der Waals surface area contributed by atoms with Crippen LogP contribution in [0, 0.1) is 0 Å². The van der Waals surface area contributed by atoms with Crippen LogP contribution in [0.25, 0.3) is 0 Å². The second-order valence-electron chi connectivity index (χ2n) is 4.54. The second kappa shape index (κ2) is 3.28. The summed E-state index contributed by atoms with van der Waals surface area (Å²) < 4.78 is 5.52. The maximum absolute atomic E-state index is 11.7. The van der Waals surface area contributed by atoms with E-state index in [0.717, 1.165) is 5.56 Å². The molecule has 1 aromatic heterocycles. The van der Waals surface area contributed by atoms with E-state index in [1.165, 1.54) is 0 Å². The molecule has 1 aromatic rings. The average molecular weight is 219 g/mol. The zero-order valence-corrected chi connectivity index (χ0v) is 8.85. The number of aliphatic hydroxyl groups excluding tert-OH is 1. The molecule has 0 bridgehead atoms. The van der Waals surface area contributed by atoms with Crippen molar-refractivity contribution in [2.45, 2.75) is 37.4 Å². The van der Waals surface area contributed by atoms with Crippen LogP contribution in [0.5, 0.6) is 0 Å². The van der Waals surface area contributed by atoms with Crippen LogP contribution < -0.4 is 0 Å². The summed E-state index contributed by atoms with van der Waals surface area (Å²) in [5, 5.41) is 9.51. The lowest BCUT2D eigenvalue weighted by Crippen LogP contribution is -2.33. The maximum Gasteiger partial charge on any atom is 0.339 e. The van der Waals surface area contributed by atoms with E-state index in [1.54, 1.807) is 18.5 Å². The number of pyridine rings is 1. The molecule has 3 rings (SSSR count). The summed E-state index contributed by atoms with van der Waals surface area (Å²) in [7, 11) is 0. The molecule has 1 spiro atoms. The Morgan fingerprint density at radius 3 is 2.94 bits per heavy atom. The molecule has 16 heavy (non-hydrogen) atoms. The minimum atomic E-state index is -0.514. The summed E-state index contributed by atoms with van der Waals surface area (Å²) in [6.45, 7) is 0. The van der Waals surface area contributed by atoms with Gasteiger partial charge in [-0.15, -0.1) is 0 Å². The summed E-state index contributed by atoms with van der Waals surface area (Å²) >= 11 is 0. The monoisotopic (exact) mass is 219 g/mol. The summed E-state index contributed by atoms with van der Waals surface area (Å²) in [4.78, 5) is 15.8. The van der Waals surface area contributed by atoms with Crippen LogP contribution in [0.15, 0.2) is 18.5 Å². The lowest BCUT2D eigenvalue weighted by Gasteiger charge is -2.34. The summed E-state index contributed by atoms with van der Waals surface area (Å²) in [5.41, 5.74) is 1.01. The highest BCUT2D eigenvalue weighted by atomic mass is 16.6. The first kappa shape index (κ1) is 9.78. The highest BCUT2D eigenvalue weighted by Crippen LogP contribution is 2.46. The highest BCUT2D eigenvalue weighted by Gasteiger charge is 2.47. The van der Waals surface area contributed by atoms with Gasteiger partial charge in [-0.25, -0.2) is 4.79 Å². The Balaban J connectivity index is 2.02. The SMILES string of the molecule is O=C1O[C@]2(CC[C@H](O)CC2)c2cnccc21. The number of hydrogen-bond donors (Lipinski definition) is 1. The van der Waals surface area contributed by atoms with E-state index in [2.05, 4.69) is 4.98 Å². The van der Waals surface area contributed by atoms with Gasteiger partial charge >= 0.3 is 5.97 Å². The van der Waals surface area contributed by atoms with Crippen molar-refractivity contribution >= 4 is 5.97 Å². The molecule has 0 radical (unpaired) electrons. The van der Waals surface area contributed by atoms with Crippen molar-refractivity contribution in [3.05, 3.63) is 29.6 Å². The van der Waals surface area contributed by atoms with Crippen molar-refractivity contribution in [3.8, 4) is 0 Å². The van der Waals surface area contributed by atoms with Gasteiger partial charge in [0.25, 0.3) is 0 Å². The van der Waals surface area contributed by atoms with E-state index in [-0.39, 0.29) is 12.1 Å². The standard InChI is InChI=1S/C12H13NO3/c14-8-1-4-12(5-2-8)10-7-13-6-3-9(10)11(15)16-12/h3,6-8,14H,1-2,4-5H2/t8-,12-. The Labute approximate surface area is 93.3 Å². The van der Waals surface area contributed by atoms with Crippen LogP contribution >= 0.6 is 0 Å². The molecule has 2 heterocycles. The van der Waals surface area contributed by atoms with Crippen molar-refractivity contribution in [1.82, 2.24) is 4.98 Å². The molecule has 1 saturated carbocycles. The van der Waals surface area contributed by atoms with E-state index < -0.39 is 5.60 Å². The van der Waals surface area contributed by atoms with E-state index in [1.807, 2.05) is 0 Å². The number of rotatable bonds is 0. The Kier molecular flexibility index (Phi) is 2.01. The molecule has 1 fully saturated rings. The maximum atomic E-state index is 11.7. The number of esters is 1. The topological polar surface area (TPSA) is 59.4 Å². The van der Waals surface area contributed by atoms with Crippen LogP contribution in [0.3, 0.4) is 0 Å². The molecule has 1 aliphatic carbocycles. The van der Waals surface area contributed by atoms with E-state index in [0.29, 0.717) is 31.2 Å². The van der Waals surface area contributed by atoms with E-state index >= 15 is 0 Å². The van der Waals surface area contributed by atoms with Gasteiger partial charge in [-0.3, -0.25) is 4.98 Å². The third kappa shape index (κ3) is 1.26. The number of hydrogen-bond acceptors (Lipinski definition) is 4. The van der Waals surface area contributed by atoms with Crippen LogP contribution in [-0.2, 0) is 10.3 Å². The van der Waals surface area contributed by atoms with Gasteiger partial charge in [0.05, 0.1) is 11.7 Å². The van der Waals surface area contributed by atoms with Gasteiger partial charge < -0.3 is 9.84 Å². The predicted octanol–water partition coefficient (Wildman–Crippen LogP) is 1.38. The average Bonchev–Trinajstić information content (AvgIpc) is 2.58. The van der Waals surface area contributed by atoms with Gasteiger partial charge in [0.2, 0.25) is 0 Å². The molecule has 4 nitrogen and oxygen atoms in total. The largest absolute Gasteiger partial charge is 0.450 e. The van der Waals surface area contributed by atoms with Gasteiger partial charge in [-0.2, -0.15) is 0 Å². The molecule has 84 valence electrons. The fourth-order valence-corrected chi connectivity index (χ4v) is 2.66. The second-order valence-corrected chi connectivity index (χ2v) is 4.54. The first-order chi connectivity index (χ1) is 7.71. The molecule has 0 unspecified atom stereocenters. The van der Waals surface area contributed by atoms with Crippen molar-refractivity contribution in [2.24, 2.45) is 0 Å². The Bertz CT molecular complexity index is 436. The number of ether oxygens (including phenoxy) is 1. The number of carbonyl (C=O) groups excluding carboxylic acids is 1. The molecule has 0 amide bonds. The van der Waals surface area contributed by atoms with E-state index in [9.17, 15) is 9.90 Å². The molecular formula is C12H13NO3. The van der Waals surface area contributed by atoms with Crippen molar-refractivity contribution in [3.63, 3.8) is 0 Å². The molecule has 0 saturated heterocycles. The van der Waals surface area contributed by atoms with Gasteiger partial charge in [-0.1, -0.05) is 0 Å². The third-order valence-electron chi connectivity index (χ3n) is 3.58. The van der Waals surface area contributed by atoms with Crippen molar-refractivity contribution in [2.75, 3.05) is 0 Å².